The van der Waals surface area contributed by atoms with E-state index in [1.165, 1.54) is 34.2 Å². The van der Waals surface area contributed by atoms with Gasteiger partial charge in [-0.1, -0.05) is 20.4 Å². The molecule has 3 atom stereocenters. The van der Waals surface area contributed by atoms with Gasteiger partial charge in [0.1, 0.15) is 17.2 Å². The molecule has 1 aliphatic carbocycles. The van der Waals surface area contributed by atoms with E-state index in [1.54, 1.807) is 36.5 Å². The minimum absolute atomic E-state index is 0.0113. The maximum atomic E-state index is 14.0. The zero-order valence-electron chi connectivity index (χ0n) is 38.4. The number of amides is 2. The highest BCUT2D eigenvalue weighted by atomic mass is 19.4. The highest BCUT2D eigenvalue weighted by molar-refractivity contribution is 6.06. The third-order valence-corrected chi connectivity index (χ3v) is 13.8. The van der Waals surface area contributed by atoms with Crippen LogP contribution in [0, 0.1) is 5.41 Å². The molecule has 3 aliphatic heterocycles. The number of aromatic nitrogens is 5. The summed E-state index contributed by atoms with van der Waals surface area (Å²) >= 11 is 0. The molecule has 0 spiro atoms. The van der Waals surface area contributed by atoms with E-state index in [1.807, 2.05) is 18.2 Å². The summed E-state index contributed by atoms with van der Waals surface area (Å²) in [6.07, 6.45) is 4.71. The number of rotatable bonds is 10. The molecule has 0 bridgehead atoms. The van der Waals surface area contributed by atoms with Crippen molar-refractivity contribution in [1.82, 2.24) is 29.0 Å². The standard InChI is InChI=1S/C49H56F3N11O4/c1-7-43(65)56-37-22-32(8-10-39(37)61-17-16-59(26-30(61)3)33-13-15-60(29(2)20-33)34-9-11-42(54-25-34)49(50,51)52)55-44-47(67)58(6)27-38(57-44)35-12-14-53-45(36(35)28-64)63-19-18-62-40(46(63)66)21-31-23-48(4,5)24-41(31)62/h7-12,14,21-22,25,27,29-30,33,64H,1,13,15-20,23-24,26,28H2,2-6H3,(H,55,57)(H,56,65)/t29-,30-,33?/m0/s1. The van der Waals surface area contributed by atoms with E-state index >= 15 is 0 Å². The second-order valence-electron chi connectivity index (χ2n) is 19.0. The van der Waals surface area contributed by atoms with Crippen LogP contribution in [0.3, 0.4) is 0 Å². The van der Waals surface area contributed by atoms with Gasteiger partial charge in [0.15, 0.2) is 5.82 Å². The Morgan fingerprint density at radius 3 is 2.49 bits per heavy atom. The number of nitrogens with zero attached hydrogens (tertiary/aromatic N) is 9. The normalized spacial score (nSPS) is 20.7. The third-order valence-electron chi connectivity index (χ3n) is 13.8. The van der Waals surface area contributed by atoms with E-state index in [0.717, 1.165) is 50.5 Å². The van der Waals surface area contributed by atoms with Gasteiger partial charge in [-0.2, -0.15) is 13.2 Å². The van der Waals surface area contributed by atoms with Gasteiger partial charge in [-0.05, 0) is 99.0 Å². The van der Waals surface area contributed by atoms with Crippen molar-refractivity contribution in [2.24, 2.45) is 12.5 Å². The molecule has 9 rings (SSSR count). The summed E-state index contributed by atoms with van der Waals surface area (Å²) in [5.74, 6) is -0.232. The first kappa shape index (κ1) is 45.6. The molecule has 15 nitrogen and oxygen atoms in total. The summed E-state index contributed by atoms with van der Waals surface area (Å²) in [5, 5.41) is 17.0. The van der Waals surface area contributed by atoms with Gasteiger partial charge in [-0.3, -0.25) is 24.2 Å². The smallest absolute Gasteiger partial charge is 0.392 e. The number of aryl methyl sites for hydroxylation is 1. The van der Waals surface area contributed by atoms with Crippen LogP contribution in [0.15, 0.2) is 78.5 Å². The number of nitrogens with one attached hydrogen (secondary N) is 2. The molecule has 4 aromatic heterocycles. The number of piperazine rings is 1. The second kappa shape index (κ2) is 17.6. The van der Waals surface area contributed by atoms with Gasteiger partial charge >= 0.3 is 6.18 Å². The molecular formula is C49H56F3N11O4. The fraction of sp³-hybridized carbons (Fsp3) is 0.429. The van der Waals surface area contributed by atoms with E-state index in [-0.39, 0.29) is 35.3 Å². The van der Waals surface area contributed by atoms with Crippen molar-refractivity contribution in [3.05, 3.63) is 112 Å². The van der Waals surface area contributed by atoms with Crippen LogP contribution >= 0.6 is 0 Å². The molecule has 2 saturated heterocycles. The maximum Gasteiger partial charge on any atom is 0.433 e. The third kappa shape index (κ3) is 8.79. The van der Waals surface area contributed by atoms with Crippen LogP contribution in [0.5, 0.6) is 0 Å². The lowest BCUT2D eigenvalue weighted by Crippen LogP contribution is -2.58. The van der Waals surface area contributed by atoms with Crippen LogP contribution in [0.1, 0.15) is 73.5 Å². The summed E-state index contributed by atoms with van der Waals surface area (Å²) < 4.78 is 42.9. The largest absolute Gasteiger partial charge is 0.433 e. The van der Waals surface area contributed by atoms with Crippen LogP contribution < -0.4 is 30.9 Å². The first-order valence-corrected chi connectivity index (χ1v) is 22.8. The lowest BCUT2D eigenvalue weighted by atomic mass is 9.90. The summed E-state index contributed by atoms with van der Waals surface area (Å²) in [5.41, 5.74) is 5.67. The molecule has 1 unspecified atom stereocenters. The SMILES string of the molecule is C=CC(=O)Nc1cc(Nc2nc(-c3ccnc(N4CCn5c(cc6c5CC(C)(C)C6)C4=O)c3CO)cn(C)c2=O)ccc1N1CCN(C2CCN(c3ccc(C(F)(F)F)nc3)[C@@H](C)C2)C[C@@H]1C. The number of hydrogen-bond acceptors (Lipinski definition) is 11. The predicted molar refractivity (Wildman–Crippen MR) is 252 cm³/mol. The molecule has 2 fully saturated rings. The number of hydrogen-bond donors (Lipinski definition) is 3. The summed E-state index contributed by atoms with van der Waals surface area (Å²) in [6, 6.07) is 12.2. The van der Waals surface area contributed by atoms with Gasteiger partial charge in [-0.25, -0.2) is 15.0 Å². The van der Waals surface area contributed by atoms with E-state index in [9.17, 15) is 32.7 Å². The van der Waals surface area contributed by atoms with Gasteiger partial charge in [0.05, 0.1) is 35.6 Å². The topological polar surface area (TPSA) is 157 Å². The van der Waals surface area contributed by atoms with Crippen LogP contribution in [-0.4, -0.2) is 96.8 Å². The fourth-order valence-corrected chi connectivity index (χ4v) is 10.6. The van der Waals surface area contributed by atoms with E-state index in [0.29, 0.717) is 71.6 Å². The number of halogens is 3. The maximum absolute atomic E-state index is 14.0. The molecule has 18 heteroatoms. The number of aliphatic hydroxyl groups is 1. The molecule has 0 radical (unpaired) electrons. The number of carbonyl (C=O) groups is 2. The van der Waals surface area contributed by atoms with Crippen molar-refractivity contribution in [2.75, 3.05) is 58.1 Å². The van der Waals surface area contributed by atoms with Crippen molar-refractivity contribution in [1.29, 1.82) is 0 Å². The fourth-order valence-electron chi connectivity index (χ4n) is 10.6. The minimum atomic E-state index is -4.48. The lowest BCUT2D eigenvalue weighted by molar-refractivity contribution is -0.141. The average molecular weight is 920 g/mol. The number of fused-ring (bicyclic) bond motifs is 3. The van der Waals surface area contributed by atoms with Crippen molar-refractivity contribution in [2.45, 2.75) is 90.8 Å². The molecule has 2 amide bonds. The zero-order chi connectivity index (χ0) is 47.5. The van der Waals surface area contributed by atoms with Crippen molar-refractivity contribution >= 4 is 46.2 Å². The van der Waals surface area contributed by atoms with Gasteiger partial charge < -0.3 is 34.7 Å². The molecule has 7 heterocycles. The van der Waals surface area contributed by atoms with Gasteiger partial charge in [0, 0.05) is 99.3 Å². The lowest BCUT2D eigenvalue weighted by Gasteiger charge is -2.48. The number of piperidine rings is 1. The number of pyridine rings is 2. The Bertz CT molecular complexity index is 2800. The predicted octanol–water partition coefficient (Wildman–Crippen LogP) is 6.77. The Morgan fingerprint density at radius 2 is 1.79 bits per heavy atom. The first-order chi connectivity index (χ1) is 31.9. The molecule has 4 aliphatic rings. The summed E-state index contributed by atoms with van der Waals surface area (Å²) in [6.45, 7) is 15.8. The van der Waals surface area contributed by atoms with Crippen LogP contribution in [0.4, 0.5) is 47.6 Å². The Labute approximate surface area is 386 Å². The van der Waals surface area contributed by atoms with Gasteiger partial charge in [0.2, 0.25) is 5.91 Å². The Morgan fingerprint density at radius 1 is 0.985 bits per heavy atom. The number of alkyl halides is 3. The number of carbonyl (C=O) groups excluding carboxylic acids is 2. The van der Waals surface area contributed by atoms with Crippen molar-refractivity contribution < 1.29 is 27.9 Å². The highest BCUT2D eigenvalue weighted by Gasteiger charge is 2.39. The summed E-state index contributed by atoms with van der Waals surface area (Å²) in [7, 11) is 1.61. The van der Waals surface area contributed by atoms with Crippen LogP contribution in [0.2, 0.25) is 0 Å². The second-order valence-corrected chi connectivity index (χ2v) is 19.0. The molecule has 1 aromatic carbocycles. The van der Waals surface area contributed by atoms with E-state index in [4.69, 9.17) is 4.98 Å². The van der Waals surface area contributed by atoms with Crippen LogP contribution in [-0.2, 0) is 44.0 Å². The highest BCUT2D eigenvalue weighted by Crippen LogP contribution is 2.41. The zero-order valence-corrected chi connectivity index (χ0v) is 38.4. The summed E-state index contributed by atoms with van der Waals surface area (Å²) in [4.78, 5) is 62.0. The number of aliphatic hydroxyl groups excluding tert-OH is 1. The van der Waals surface area contributed by atoms with Gasteiger partial charge in [0.25, 0.3) is 11.5 Å². The number of benzene rings is 1. The monoisotopic (exact) mass is 919 g/mol. The molecule has 352 valence electrons. The van der Waals surface area contributed by atoms with E-state index < -0.39 is 29.9 Å². The molecule has 0 saturated carbocycles. The quantitative estimate of drug-likeness (QED) is 0.127. The molecule has 67 heavy (non-hydrogen) atoms. The van der Waals surface area contributed by atoms with E-state index in [2.05, 4.69) is 74.1 Å². The Balaban J connectivity index is 0.919. The molecule has 5 aromatic rings. The average Bonchev–Trinajstić information content (AvgIpc) is 3.79. The van der Waals surface area contributed by atoms with Crippen molar-refractivity contribution in [3.63, 3.8) is 0 Å². The molecule has 3 N–H and O–H groups in total. The van der Waals surface area contributed by atoms with Crippen molar-refractivity contribution in [3.8, 4) is 11.3 Å². The molecular weight excluding hydrogens is 864 g/mol. The first-order valence-electron chi connectivity index (χ1n) is 22.8. The Kier molecular flexibility index (Phi) is 12.0. The Hall–Kier alpha value is -6.53. The van der Waals surface area contributed by atoms with Gasteiger partial charge in [-0.15, -0.1) is 0 Å². The number of anilines is 6. The van der Waals surface area contributed by atoms with Crippen LogP contribution in [0.25, 0.3) is 11.3 Å². The minimum Gasteiger partial charge on any atom is -0.392 e.